The van der Waals surface area contributed by atoms with Gasteiger partial charge in [-0.05, 0) is 49.4 Å². The molecule has 1 aromatic carbocycles. The predicted molar refractivity (Wildman–Crippen MR) is 71.4 cm³/mol. The zero-order chi connectivity index (χ0) is 12.3. The van der Waals surface area contributed by atoms with Crippen molar-refractivity contribution in [2.75, 3.05) is 13.2 Å². The molecule has 0 amide bonds. The number of hydrogen-bond acceptors (Lipinski definition) is 2. The van der Waals surface area contributed by atoms with E-state index in [1.807, 2.05) is 25.1 Å². The minimum atomic E-state index is 0.251. The van der Waals surface area contributed by atoms with Crippen molar-refractivity contribution < 1.29 is 9.53 Å². The lowest BCUT2D eigenvalue weighted by Gasteiger charge is -2.21. The number of benzene rings is 1. The highest BCUT2D eigenvalue weighted by Gasteiger charge is 2.18. The summed E-state index contributed by atoms with van der Waals surface area (Å²) in [7, 11) is 0. The fourth-order valence-electron chi connectivity index (χ4n) is 2.23. The van der Waals surface area contributed by atoms with Gasteiger partial charge < -0.3 is 4.74 Å². The Morgan fingerprint density at radius 3 is 2.71 bits per heavy atom. The number of rotatable bonds is 3. The molecule has 92 valence electrons. The van der Waals surface area contributed by atoms with Gasteiger partial charge in [0.05, 0.1) is 0 Å². The largest absolute Gasteiger partial charge is 0.381 e. The van der Waals surface area contributed by atoms with Crippen LogP contribution in [0.4, 0.5) is 0 Å². The standard InChI is InChI=1S/C14H17BrO2/c1-10-6-12(9-13(15)7-10)14(16)8-11-2-4-17-5-3-11/h6-7,9,11H,2-5,8H2,1H3. The van der Waals surface area contributed by atoms with Gasteiger partial charge in [0, 0.05) is 29.7 Å². The van der Waals surface area contributed by atoms with E-state index in [4.69, 9.17) is 4.74 Å². The monoisotopic (exact) mass is 296 g/mol. The highest BCUT2D eigenvalue weighted by atomic mass is 79.9. The third kappa shape index (κ3) is 3.65. The lowest BCUT2D eigenvalue weighted by Crippen LogP contribution is -2.18. The summed E-state index contributed by atoms with van der Waals surface area (Å²) < 4.78 is 6.29. The lowest BCUT2D eigenvalue weighted by atomic mass is 9.92. The molecule has 0 aromatic heterocycles. The summed E-state index contributed by atoms with van der Waals surface area (Å²) >= 11 is 3.43. The summed E-state index contributed by atoms with van der Waals surface area (Å²) in [5.41, 5.74) is 1.94. The molecule has 1 heterocycles. The van der Waals surface area contributed by atoms with E-state index in [1.54, 1.807) is 0 Å². The molecule has 2 rings (SSSR count). The first kappa shape index (κ1) is 12.8. The van der Waals surface area contributed by atoms with Crippen LogP contribution in [0.25, 0.3) is 0 Å². The summed E-state index contributed by atoms with van der Waals surface area (Å²) in [5, 5.41) is 0. The van der Waals surface area contributed by atoms with E-state index in [2.05, 4.69) is 15.9 Å². The average molecular weight is 297 g/mol. The van der Waals surface area contributed by atoms with Crippen molar-refractivity contribution in [2.24, 2.45) is 5.92 Å². The Morgan fingerprint density at radius 2 is 2.06 bits per heavy atom. The Morgan fingerprint density at radius 1 is 1.35 bits per heavy atom. The van der Waals surface area contributed by atoms with E-state index < -0.39 is 0 Å². The molecule has 0 saturated carbocycles. The quantitative estimate of drug-likeness (QED) is 0.794. The van der Waals surface area contributed by atoms with Crippen molar-refractivity contribution in [3.63, 3.8) is 0 Å². The highest BCUT2D eigenvalue weighted by molar-refractivity contribution is 9.10. The number of carbonyl (C=O) groups excluding carboxylic acids is 1. The second-order valence-corrected chi connectivity index (χ2v) is 5.62. The number of halogens is 1. The molecule has 17 heavy (non-hydrogen) atoms. The van der Waals surface area contributed by atoms with Crippen molar-refractivity contribution in [1.29, 1.82) is 0 Å². The maximum Gasteiger partial charge on any atom is 0.163 e. The van der Waals surface area contributed by atoms with Crippen LogP contribution in [0.1, 0.15) is 35.2 Å². The third-order valence-electron chi connectivity index (χ3n) is 3.18. The van der Waals surface area contributed by atoms with Gasteiger partial charge in [-0.25, -0.2) is 0 Å². The van der Waals surface area contributed by atoms with Gasteiger partial charge in [-0.2, -0.15) is 0 Å². The Kier molecular flexibility index (Phi) is 4.35. The van der Waals surface area contributed by atoms with Crippen molar-refractivity contribution in [2.45, 2.75) is 26.2 Å². The second kappa shape index (κ2) is 5.78. The number of ether oxygens (including phenoxy) is 1. The molecule has 0 N–H and O–H groups in total. The first-order valence-electron chi connectivity index (χ1n) is 6.03. The Labute approximate surface area is 110 Å². The molecule has 2 nitrogen and oxygen atoms in total. The molecule has 0 aliphatic carbocycles. The predicted octanol–water partition coefficient (Wildman–Crippen LogP) is 3.76. The number of aryl methyl sites for hydroxylation is 1. The molecular formula is C14H17BrO2. The Hall–Kier alpha value is -0.670. The van der Waals surface area contributed by atoms with E-state index >= 15 is 0 Å². The zero-order valence-corrected chi connectivity index (χ0v) is 11.6. The van der Waals surface area contributed by atoms with Gasteiger partial charge in [-0.15, -0.1) is 0 Å². The molecule has 1 aromatic rings. The molecule has 0 spiro atoms. The van der Waals surface area contributed by atoms with Crippen molar-refractivity contribution in [1.82, 2.24) is 0 Å². The summed E-state index contributed by atoms with van der Waals surface area (Å²) in [6.45, 7) is 3.61. The van der Waals surface area contributed by atoms with Gasteiger partial charge in [-0.1, -0.05) is 15.9 Å². The Bertz CT molecular complexity index is 388. The van der Waals surface area contributed by atoms with Crippen molar-refractivity contribution in [3.05, 3.63) is 33.8 Å². The number of carbonyl (C=O) groups is 1. The van der Waals surface area contributed by atoms with Gasteiger partial charge in [0.25, 0.3) is 0 Å². The molecule has 0 unspecified atom stereocenters. The minimum absolute atomic E-state index is 0.251. The first-order valence-corrected chi connectivity index (χ1v) is 6.82. The van der Waals surface area contributed by atoms with Crippen molar-refractivity contribution >= 4 is 21.7 Å². The van der Waals surface area contributed by atoms with Gasteiger partial charge in [0.15, 0.2) is 5.78 Å². The fraction of sp³-hybridized carbons (Fsp3) is 0.500. The van der Waals surface area contributed by atoms with E-state index in [0.717, 1.165) is 41.7 Å². The summed E-state index contributed by atoms with van der Waals surface area (Å²) in [5.74, 6) is 0.747. The molecule has 1 aliphatic heterocycles. The summed E-state index contributed by atoms with van der Waals surface area (Å²) in [6, 6.07) is 5.90. The Balaban J connectivity index is 2.03. The van der Waals surface area contributed by atoms with Gasteiger partial charge in [0.1, 0.15) is 0 Å². The normalized spacial score (nSPS) is 17.1. The molecule has 0 bridgehead atoms. The maximum atomic E-state index is 12.2. The van der Waals surface area contributed by atoms with Crippen LogP contribution >= 0.6 is 15.9 Å². The van der Waals surface area contributed by atoms with Crippen LogP contribution in [0, 0.1) is 12.8 Å². The molecule has 1 fully saturated rings. The van der Waals surface area contributed by atoms with Gasteiger partial charge >= 0.3 is 0 Å². The smallest absolute Gasteiger partial charge is 0.163 e. The van der Waals surface area contributed by atoms with E-state index in [1.165, 1.54) is 0 Å². The topological polar surface area (TPSA) is 26.3 Å². The van der Waals surface area contributed by atoms with Crippen molar-refractivity contribution in [3.8, 4) is 0 Å². The summed E-state index contributed by atoms with van der Waals surface area (Å²) in [4.78, 5) is 12.2. The summed E-state index contributed by atoms with van der Waals surface area (Å²) in [6.07, 6.45) is 2.68. The molecular weight excluding hydrogens is 280 g/mol. The van der Waals surface area contributed by atoms with E-state index in [-0.39, 0.29) is 5.78 Å². The highest BCUT2D eigenvalue weighted by Crippen LogP contribution is 2.22. The fourth-order valence-corrected chi connectivity index (χ4v) is 2.84. The number of hydrogen-bond donors (Lipinski definition) is 0. The van der Waals surface area contributed by atoms with Gasteiger partial charge in [-0.3, -0.25) is 4.79 Å². The first-order chi connectivity index (χ1) is 8.15. The van der Waals surface area contributed by atoms with Crippen LogP contribution in [0.3, 0.4) is 0 Å². The van der Waals surface area contributed by atoms with Crippen LogP contribution in [0.15, 0.2) is 22.7 Å². The number of Topliss-reactive ketones (excluding diaryl/α,β-unsaturated/α-hetero) is 1. The SMILES string of the molecule is Cc1cc(Br)cc(C(=O)CC2CCOCC2)c1. The van der Waals surface area contributed by atoms with Crippen LogP contribution in [0.5, 0.6) is 0 Å². The van der Waals surface area contributed by atoms with Crippen LogP contribution in [-0.4, -0.2) is 19.0 Å². The number of ketones is 1. The van der Waals surface area contributed by atoms with E-state index in [0.29, 0.717) is 12.3 Å². The molecule has 1 aliphatic rings. The van der Waals surface area contributed by atoms with Gasteiger partial charge in [0.2, 0.25) is 0 Å². The zero-order valence-electron chi connectivity index (χ0n) is 10.0. The second-order valence-electron chi connectivity index (χ2n) is 4.70. The molecule has 1 saturated heterocycles. The lowest BCUT2D eigenvalue weighted by molar-refractivity contribution is 0.0601. The molecule has 0 atom stereocenters. The molecule has 3 heteroatoms. The van der Waals surface area contributed by atoms with Crippen LogP contribution < -0.4 is 0 Å². The average Bonchev–Trinajstić information content (AvgIpc) is 2.29. The molecule has 0 radical (unpaired) electrons. The minimum Gasteiger partial charge on any atom is -0.381 e. The van der Waals surface area contributed by atoms with E-state index in [9.17, 15) is 4.79 Å². The maximum absolute atomic E-state index is 12.2. The third-order valence-corrected chi connectivity index (χ3v) is 3.64. The van der Waals surface area contributed by atoms with Crippen LogP contribution in [-0.2, 0) is 4.74 Å². The van der Waals surface area contributed by atoms with Crippen LogP contribution in [0.2, 0.25) is 0 Å².